The SMILES string of the molecule is CCCN(CCC)C(=O)OC(C)C(=O)Cc1ccccc1. The third-order valence-corrected chi connectivity index (χ3v) is 3.20. The van der Waals surface area contributed by atoms with Crippen molar-refractivity contribution in [1.82, 2.24) is 4.90 Å². The summed E-state index contributed by atoms with van der Waals surface area (Å²) in [4.78, 5) is 25.8. The van der Waals surface area contributed by atoms with E-state index in [0.717, 1.165) is 18.4 Å². The smallest absolute Gasteiger partial charge is 0.410 e. The summed E-state index contributed by atoms with van der Waals surface area (Å²) in [5.74, 6) is -0.0810. The van der Waals surface area contributed by atoms with Crippen LogP contribution >= 0.6 is 0 Å². The molecule has 0 saturated heterocycles. The van der Waals surface area contributed by atoms with Crippen LogP contribution in [0.1, 0.15) is 39.2 Å². The standard InChI is InChI=1S/C17H25NO3/c1-4-11-18(12-5-2)17(20)21-14(3)16(19)13-15-9-7-6-8-10-15/h6-10,14H,4-5,11-13H2,1-3H3. The van der Waals surface area contributed by atoms with Gasteiger partial charge in [-0.25, -0.2) is 4.79 Å². The number of nitrogens with zero attached hydrogens (tertiary/aromatic N) is 1. The molecule has 1 atom stereocenters. The Bertz CT molecular complexity index is 439. The molecule has 0 saturated carbocycles. The van der Waals surface area contributed by atoms with Crippen LogP contribution in [0.2, 0.25) is 0 Å². The summed E-state index contributed by atoms with van der Waals surface area (Å²) in [5.41, 5.74) is 0.935. The van der Waals surface area contributed by atoms with Crippen molar-refractivity contribution in [2.45, 2.75) is 46.1 Å². The number of benzene rings is 1. The summed E-state index contributed by atoms with van der Waals surface area (Å²) >= 11 is 0. The fourth-order valence-electron chi connectivity index (χ4n) is 2.07. The number of ether oxygens (including phenoxy) is 1. The van der Waals surface area contributed by atoms with Crippen LogP contribution in [0, 0.1) is 0 Å². The minimum Gasteiger partial charge on any atom is -0.438 e. The molecule has 1 aromatic carbocycles. The van der Waals surface area contributed by atoms with Gasteiger partial charge in [-0.1, -0.05) is 44.2 Å². The average Bonchev–Trinajstić information content (AvgIpc) is 2.47. The van der Waals surface area contributed by atoms with Crippen LogP contribution in [-0.4, -0.2) is 36.0 Å². The van der Waals surface area contributed by atoms with E-state index < -0.39 is 12.2 Å². The van der Waals surface area contributed by atoms with Gasteiger partial charge in [0.15, 0.2) is 11.9 Å². The fourth-order valence-corrected chi connectivity index (χ4v) is 2.07. The lowest BCUT2D eigenvalue weighted by atomic mass is 10.1. The molecule has 0 aliphatic carbocycles. The Labute approximate surface area is 127 Å². The Balaban J connectivity index is 2.52. The van der Waals surface area contributed by atoms with E-state index in [1.54, 1.807) is 11.8 Å². The van der Waals surface area contributed by atoms with E-state index in [9.17, 15) is 9.59 Å². The van der Waals surface area contributed by atoms with Crippen LogP contribution in [0.5, 0.6) is 0 Å². The number of carbonyl (C=O) groups excluding carboxylic acids is 2. The second-order valence-electron chi connectivity index (χ2n) is 5.14. The van der Waals surface area contributed by atoms with E-state index >= 15 is 0 Å². The molecule has 0 aliphatic rings. The predicted octanol–water partition coefficient (Wildman–Crippen LogP) is 3.45. The fraction of sp³-hybridized carbons (Fsp3) is 0.529. The van der Waals surface area contributed by atoms with Crippen LogP contribution in [0.25, 0.3) is 0 Å². The van der Waals surface area contributed by atoms with Gasteiger partial charge in [-0.3, -0.25) is 4.79 Å². The molecule has 116 valence electrons. The van der Waals surface area contributed by atoms with Gasteiger partial charge >= 0.3 is 6.09 Å². The quantitative estimate of drug-likeness (QED) is 0.737. The van der Waals surface area contributed by atoms with Crippen LogP contribution in [-0.2, 0) is 16.0 Å². The molecule has 21 heavy (non-hydrogen) atoms. The van der Waals surface area contributed by atoms with Crippen molar-refractivity contribution in [1.29, 1.82) is 0 Å². The van der Waals surface area contributed by atoms with E-state index in [2.05, 4.69) is 0 Å². The lowest BCUT2D eigenvalue weighted by molar-refractivity contribution is -0.126. The topological polar surface area (TPSA) is 46.6 Å². The van der Waals surface area contributed by atoms with Gasteiger partial charge in [0.25, 0.3) is 0 Å². The predicted molar refractivity (Wildman–Crippen MR) is 83.3 cm³/mol. The summed E-state index contributed by atoms with van der Waals surface area (Å²) in [6.07, 6.45) is 0.932. The van der Waals surface area contributed by atoms with Gasteiger partial charge in [0.05, 0.1) is 0 Å². The molecule has 0 radical (unpaired) electrons. The second-order valence-corrected chi connectivity index (χ2v) is 5.14. The molecule has 1 rings (SSSR count). The molecule has 0 N–H and O–H groups in total. The molecule has 4 heteroatoms. The zero-order chi connectivity index (χ0) is 15.7. The van der Waals surface area contributed by atoms with E-state index in [4.69, 9.17) is 4.74 Å². The molecule has 4 nitrogen and oxygen atoms in total. The van der Waals surface area contributed by atoms with Gasteiger partial charge in [0, 0.05) is 19.5 Å². The summed E-state index contributed by atoms with van der Waals surface area (Å²) in [6.45, 7) is 6.98. The first-order valence-corrected chi connectivity index (χ1v) is 7.60. The molecule has 1 unspecified atom stereocenters. The zero-order valence-corrected chi connectivity index (χ0v) is 13.2. The number of amides is 1. The first kappa shape index (κ1) is 17.2. The third-order valence-electron chi connectivity index (χ3n) is 3.20. The van der Waals surface area contributed by atoms with Gasteiger partial charge in [-0.15, -0.1) is 0 Å². The van der Waals surface area contributed by atoms with Crippen LogP contribution in [0.4, 0.5) is 4.79 Å². The van der Waals surface area contributed by atoms with Gasteiger partial charge in [0.1, 0.15) is 0 Å². The summed E-state index contributed by atoms with van der Waals surface area (Å²) < 4.78 is 5.29. The minimum absolute atomic E-state index is 0.0810. The third kappa shape index (κ3) is 5.98. The molecule has 0 aromatic heterocycles. The van der Waals surface area contributed by atoms with E-state index in [-0.39, 0.29) is 12.2 Å². The minimum atomic E-state index is -0.714. The molecule has 0 aliphatic heterocycles. The maximum Gasteiger partial charge on any atom is 0.410 e. The van der Waals surface area contributed by atoms with Crippen molar-refractivity contribution in [2.75, 3.05) is 13.1 Å². The van der Waals surface area contributed by atoms with Crippen molar-refractivity contribution in [3.63, 3.8) is 0 Å². The van der Waals surface area contributed by atoms with Crippen LogP contribution in [0.3, 0.4) is 0 Å². The molecule has 0 fully saturated rings. The highest BCUT2D eigenvalue weighted by molar-refractivity contribution is 5.86. The number of hydrogen-bond acceptors (Lipinski definition) is 3. The number of ketones is 1. The molecule has 0 heterocycles. The highest BCUT2D eigenvalue weighted by Crippen LogP contribution is 2.07. The first-order valence-electron chi connectivity index (χ1n) is 7.60. The molecular weight excluding hydrogens is 266 g/mol. The van der Waals surface area contributed by atoms with E-state index in [1.165, 1.54) is 0 Å². The Morgan fingerprint density at radius 2 is 1.67 bits per heavy atom. The highest BCUT2D eigenvalue weighted by atomic mass is 16.6. The number of Topliss-reactive ketones (excluding diaryl/α,β-unsaturated/α-hetero) is 1. The van der Waals surface area contributed by atoms with Gasteiger partial charge in [-0.05, 0) is 25.3 Å². The van der Waals surface area contributed by atoms with Crippen molar-refractivity contribution in [3.05, 3.63) is 35.9 Å². The Kier molecular flexibility index (Phi) is 7.51. The van der Waals surface area contributed by atoms with Gasteiger partial charge in [0.2, 0.25) is 0 Å². The summed E-state index contributed by atoms with van der Waals surface area (Å²) in [6, 6.07) is 9.48. The molecule has 1 amide bonds. The molecular formula is C17H25NO3. The number of rotatable bonds is 8. The Hall–Kier alpha value is -1.84. The summed E-state index contributed by atoms with van der Waals surface area (Å²) in [7, 11) is 0. The molecule has 1 aromatic rings. The Morgan fingerprint density at radius 1 is 1.10 bits per heavy atom. The van der Waals surface area contributed by atoms with Crippen molar-refractivity contribution in [3.8, 4) is 0 Å². The summed E-state index contributed by atoms with van der Waals surface area (Å²) in [5, 5.41) is 0. The lowest BCUT2D eigenvalue weighted by Gasteiger charge is -2.23. The van der Waals surface area contributed by atoms with Gasteiger partial charge in [-0.2, -0.15) is 0 Å². The second kappa shape index (κ2) is 9.16. The van der Waals surface area contributed by atoms with E-state index in [1.807, 2.05) is 44.2 Å². The van der Waals surface area contributed by atoms with Crippen LogP contribution < -0.4 is 0 Å². The highest BCUT2D eigenvalue weighted by Gasteiger charge is 2.21. The first-order chi connectivity index (χ1) is 10.1. The average molecular weight is 291 g/mol. The zero-order valence-electron chi connectivity index (χ0n) is 13.2. The van der Waals surface area contributed by atoms with Crippen molar-refractivity contribution in [2.24, 2.45) is 0 Å². The maximum absolute atomic E-state index is 12.1. The van der Waals surface area contributed by atoms with Crippen molar-refractivity contribution < 1.29 is 14.3 Å². The number of carbonyl (C=O) groups is 2. The van der Waals surface area contributed by atoms with Gasteiger partial charge < -0.3 is 9.64 Å². The van der Waals surface area contributed by atoms with Crippen LogP contribution in [0.15, 0.2) is 30.3 Å². The van der Waals surface area contributed by atoms with Crippen molar-refractivity contribution >= 4 is 11.9 Å². The maximum atomic E-state index is 12.1. The molecule has 0 bridgehead atoms. The monoisotopic (exact) mass is 291 g/mol. The Morgan fingerprint density at radius 3 is 2.19 bits per heavy atom. The normalized spacial score (nSPS) is 11.8. The largest absolute Gasteiger partial charge is 0.438 e. The van der Waals surface area contributed by atoms with E-state index in [0.29, 0.717) is 13.1 Å². The number of hydrogen-bond donors (Lipinski definition) is 0. The molecule has 0 spiro atoms. The lowest BCUT2D eigenvalue weighted by Crippen LogP contribution is -2.37.